The van der Waals surface area contributed by atoms with E-state index in [1.807, 2.05) is 0 Å². The zero-order valence-corrected chi connectivity index (χ0v) is 10.1. The first-order chi connectivity index (χ1) is 9.31. The third kappa shape index (κ3) is 3.37. The summed E-state index contributed by atoms with van der Waals surface area (Å²) in [7, 11) is 0. The highest BCUT2D eigenvalue weighted by molar-refractivity contribution is 6.05. The average molecular weight is 252 g/mol. The molecule has 5 nitrogen and oxygen atoms in total. The van der Waals surface area contributed by atoms with Gasteiger partial charge in [-0.1, -0.05) is 11.8 Å². The normalized spacial score (nSPS) is 9.32. The SMILES string of the molecule is NCC#Cc1cnccc1C(=O)Nc1ccncc1. The van der Waals surface area contributed by atoms with Crippen molar-refractivity contribution in [2.24, 2.45) is 5.73 Å². The molecule has 1 amide bonds. The summed E-state index contributed by atoms with van der Waals surface area (Å²) in [6.45, 7) is 0.236. The van der Waals surface area contributed by atoms with Crippen LogP contribution in [0.15, 0.2) is 43.0 Å². The Bertz CT molecular complexity index is 629. The zero-order chi connectivity index (χ0) is 13.5. The Morgan fingerprint density at radius 2 is 1.95 bits per heavy atom. The molecule has 0 unspecified atom stereocenters. The van der Waals surface area contributed by atoms with Gasteiger partial charge >= 0.3 is 0 Å². The maximum Gasteiger partial charge on any atom is 0.257 e. The number of anilines is 1. The van der Waals surface area contributed by atoms with Gasteiger partial charge in [0.1, 0.15) is 0 Å². The van der Waals surface area contributed by atoms with Crippen LogP contribution in [0.25, 0.3) is 0 Å². The summed E-state index contributed by atoms with van der Waals surface area (Å²) in [6, 6.07) is 5.05. The van der Waals surface area contributed by atoms with Crippen molar-refractivity contribution in [3.05, 3.63) is 54.1 Å². The second-order valence-electron chi connectivity index (χ2n) is 3.62. The molecule has 0 saturated carbocycles. The Morgan fingerprint density at radius 1 is 1.21 bits per heavy atom. The molecule has 5 heteroatoms. The Morgan fingerprint density at radius 3 is 2.68 bits per heavy atom. The zero-order valence-electron chi connectivity index (χ0n) is 10.1. The van der Waals surface area contributed by atoms with E-state index in [2.05, 4.69) is 27.1 Å². The lowest BCUT2D eigenvalue weighted by molar-refractivity contribution is 0.102. The number of amides is 1. The fraction of sp³-hybridized carbons (Fsp3) is 0.0714. The quantitative estimate of drug-likeness (QED) is 0.782. The average Bonchev–Trinajstić information content (AvgIpc) is 2.46. The van der Waals surface area contributed by atoms with Gasteiger partial charge in [0.15, 0.2) is 0 Å². The molecule has 19 heavy (non-hydrogen) atoms. The van der Waals surface area contributed by atoms with Crippen molar-refractivity contribution in [3.63, 3.8) is 0 Å². The van der Waals surface area contributed by atoms with E-state index in [-0.39, 0.29) is 12.5 Å². The Balaban J connectivity index is 2.24. The second-order valence-corrected chi connectivity index (χ2v) is 3.62. The number of rotatable bonds is 2. The topological polar surface area (TPSA) is 80.9 Å². The molecular weight excluding hydrogens is 240 g/mol. The molecular formula is C14H12N4O. The van der Waals surface area contributed by atoms with Crippen LogP contribution in [-0.4, -0.2) is 22.4 Å². The molecule has 0 spiro atoms. The number of carbonyl (C=O) groups excluding carboxylic acids is 1. The molecule has 0 aliphatic rings. The first kappa shape index (κ1) is 12.7. The number of carbonyl (C=O) groups is 1. The molecule has 0 aliphatic carbocycles. The smallest absolute Gasteiger partial charge is 0.257 e. The monoisotopic (exact) mass is 252 g/mol. The van der Waals surface area contributed by atoms with Gasteiger partial charge in [-0.15, -0.1) is 0 Å². The molecule has 3 N–H and O–H groups in total. The van der Waals surface area contributed by atoms with Gasteiger partial charge < -0.3 is 11.1 Å². The van der Waals surface area contributed by atoms with Crippen molar-refractivity contribution >= 4 is 11.6 Å². The number of aromatic nitrogens is 2. The van der Waals surface area contributed by atoms with Crippen molar-refractivity contribution in [1.82, 2.24) is 9.97 Å². The lowest BCUT2D eigenvalue weighted by Crippen LogP contribution is -2.13. The van der Waals surface area contributed by atoms with Crippen molar-refractivity contribution in [2.45, 2.75) is 0 Å². The molecule has 2 rings (SSSR count). The fourth-order valence-corrected chi connectivity index (χ4v) is 1.47. The minimum absolute atomic E-state index is 0.236. The molecule has 0 radical (unpaired) electrons. The summed E-state index contributed by atoms with van der Waals surface area (Å²) in [5.41, 5.74) is 7.02. The molecule has 0 aliphatic heterocycles. The van der Waals surface area contributed by atoms with Crippen LogP contribution in [-0.2, 0) is 0 Å². The van der Waals surface area contributed by atoms with Crippen LogP contribution in [0.4, 0.5) is 5.69 Å². The summed E-state index contributed by atoms with van der Waals surface area (Å²) in [5.74, 6) is 5.30. The van der Waals surface area contributed by atoms with E-state index in [0.717, 1.165) is 0 Å². The van der Waals surface area contributed by atoms with Crippen LogP contribution in [0.2, 0.25) is 0 Å². The highest BCUT2D eigenvalue weighted by Crippen LogP contribution is 2.10. The first-order valence-electron chi connectivity index (χ1n) is 5.65. The van der Waals surface area contributed by atoms with Crippen LogP contribution >= 0.6 is 0 Å². The standard InChI is InChI=1S/C14H12N4O/c15-6-1-2-11-10-17-9-5-13(11)14(19)18-12-3-7-16-8-4-12/h3-5,7-10H,6,15H2,(H,16,18,19). The third-order valence-electron chi connectivity index (χ3n) is 2.33. The van der Waals surface area contributed by atoms with E-state index < -0.39 is 0 Å². The highest BCUT2D eigenvalue weighted by atomic mass is 16.1. The first-order valence-corrected chi connectivity index (χ1v) is 5.65. The number of nitrogens with zero attached hydrogens (tertiary/aromatic N) is 2. The number of nitrogens with two attached hydrogens (primary N) is 1. The summed E-state index contributed by atoms with van der Waals surface area (Å²) in [6.07, 6.45) is 6.31. The predicted molar refractivity (Wildman–Crippen MR) is 72.4 cm³/mol. The molecule has 0 bridgehead atoms. The molecule has 2 aromatic heterocycles. The van der Waals surface area contributed by atoms with E-state index in [1.165, 1.54) is 0 Å². The van der Waals surface area contributed by atoms with Crippen LogP contribution in [0.1, 0.15) is 15.9 Å². The van der Waals surface area contributed by atoms with Gasteiger partial charge in [0.25, 0.3) is 5.91 Å². The highest BCUT2D eigenvalue weighted by Gasteiger charge is 2.10. The molecule has 2 aromatic rings. The number of nitrogens with one attached hydrogen (secondary N) is 1. The van der Waals surface area contributed by atoms with Gasteiger partial charge in [-0.3, -0.25) is 14.8 Å². The van der Waals surface area contributed by atoms with E-state index >= 15 is 0 Å². The molecule has 0 atom stereocenters. The summed E-state index contributed by atoms with van der Waals surface area (Å²) in [5, 5.41) is 2.77. The van der Waals surface area contributed by atoms with Crippen molar-refractivity contribution in [3.8, 4) is 11.8 Å². The second kappa shape index (κ2) is 6.28. The van der Waals surface area contributed by atoms with Crippen LogP contribution < -0.4 is 11.1 Å². The lowest BCUT2D eigenvalue weighted by Gasteiger charge is -2.06. The number of hydrogen-bond acceptors (Lipinski definition) is 4. The van der Waals surface area contributed by atoms with Crippen LogP contribution in [0.5, 0.6) is 0 Å². The largest absolute Gasteiger partial charge is 0.322 e. The predicted octanol–water partition coefficient (Wildman–Crippen LogP) is 1.04. The van der Waals surface area contributed by atoms with Gasteiger partial charge in [-0.05, 0) is 18.2 Å². The summed E-state index contributed by atoms with van der Waals surface area (Å²) >= 11 is 0. The lowest BCUT2D eigenvalue weighted by atomic mass is 10.1. The number of hydrogen-bond donors (Lipinski definition) is 2. The maximum atomic E-state index is 12.1. The summed E-state index contributed by atoms with van der Waals surface area (Å²) in [4.78, 5) is 20.0. The van der Waals surface area contributed by atoms with Crippen molar-refractivity contribution in [1.29, 1.82) is 0 Å². The van der Waals surface area contributed by atoms with E-state index in [4.69, 9.17) is 5.73 Å². The van der Waals surface area contributed by atoms with Crippen LogP contribution in [0.3, 0.4) is 0 Å². The van der Waals surface area contributed by atoms with Crippen molar-refractivity contribution in [2.75, 3.05) is 11.9 Å². The van der Waals surface area contributed by atoms with Gasteiger partial charge in [0.2, 0.25) is 0 Å². The minimum Gasteiger partial charge on any atom is -0.322 e. The van der Waals surface area contributed by atoms with E-state index in [9.17, 15) is 4.79 Å². The van der Waals surface area contributed by atoms with Gasteiger partial charge in [-0.25, -0.2) is 0 Å². The molecule has 0 saturated heterocycles. The van der Waals surface area contributed by atoms with E-state index in [0.29, 0.717) is 16.8 Å². The van der Waals surface area contributed by atoms with Gasteiger partial charge in [0, 0.05) is 30.5 Å². The third-order valence-corrected chi connectivity index (χ3v) is 2.33. The molecule has 0 fully saturated rings. The Hall–Kier alpha value is -2.71. The Labute approximate surface area is 110 Å². The van der Waals surface area contributed by atoms with Crippen molar-refractivity contribution < 1.29 is 4.79 Å². The fourth-order valence-electron chi connectivity index (χ4n) is 1.47. The van der Waals surface area contributed by atoms with Gasteiger partial charge in [-0.2, -0.15) is 0 Å². The van der Waals surface area contributed by atoms with Gasteiger partial charge in [0.05, 0.1) is 17.7 Å². The minimum atomic E-state index is -0.241. The van der Waals surface area contributed by atoms with Crippen LogP contribution in [0, 0.1) is 11.8 Å². The molecule has 94 valence electrons. The molecule has 2 heterocycles. The van der Waals surface area contributed by atoms with E-state index in [1.54, 1.807) is 43.0 Å². The Kier molecular flexibility index (Phi) is 4.21. The summed E-state index contributed by atoms with van der Waals surface area (Å²) < 4.78 is 0. The maximum absolute atomic E-state index is 12.1. The molecule has 0 aromatic carbocycles. The number of pyridine rings is 2.